The number of carbonyl (C=O) groups excluding carboxylic acids is 1. The van der Waals surface area contributed by atoms with Gasteiger partial charge in [-0.15, -0.1) is 0 Å². The summed E-state index contributed by atoms with van der Waals surface area (Å²) in [6.45, 7) is 9.99. The first kappa shape index (κ1) is 40.6. The topological polar surface area (TPSA) is 162 Å². The Labute approximate surface area is 307 Å². The van der Waals surface area contributed by atoms with Gasteiger partial charge < -0.3 is 38.4 Å². The van der Waals surface area contributed by atoms with Gasteiger partial charge in [-0.2, -0.15) is 4.31 Å². The van der Waals surface area contributed by atoms with Gasteiger partial charge >= 0.3 is 13.7 Å². The molecule has 0 unspecified atom stereocenters. The first-order valence-electron chi connectivity index (χ1n) is 18.1. The van der Waals surface area contributed by atoms with Gasteiger partial charge in [-0.25, -0.2) is 13.2 Å². The zero-order chi connectivity index (χ0) is 37.5. The summed E-state index contributed by atoms with van der Waals surface area (Å²) in [5.74, 6) is 0.417. The summed E-state index contributed by atoms with van der Waals surface area (Å²) in [4.78, 5) is 15.6. The number of aliphatic hydroxyl groups excluding tert-OH is 1. The number of nitrogens with one attached hydrogen (secondary N) is 1. The summed E-state index contributed by atoms with van der Waals surface area (Å²) in [5.41, 5.74) is 3.04. The predicted octanol–water partition coefficient (Wildman–Crippen LogP) is 4.38. The number of ether oxygens (including phenoxy) is 4. The van der Waals surface area contributed by atoms with Crippen LogP contribution in [0.5, 0.6) is 5.75 Å². The molecule has 5 atom stereocenters. The fraction of sp³-hybridized carbons (Fsp3) is 0.639. The van der Waals surface area contributed by atoms with Crippen LogP contribution in [0.4, 0.5) is 4.79 Å². The minimum atomic E-state index is -4.01. The molecule has 0 saturated carbocycles. The molecular formula is C36H54N3O11PS. The molecule has 2 N–H and O–H groups in total. The lowest BCUT2D eigenvalue weighted by Gasteiger charge is -2.35. The van der Waals surface area contributed by atoms with Gasteiger partial charge in [0.05, 0.1) is 62.7 Å². The zero-order valence-corrected chi connectivity index (χ0v) is 32.5. The van der Waals surface area contributed by atoms with Gasteiger partial charge in [0.2, 0.25) is 10.0 Å². The fourth-order valence-corrected chi connectivity index (χ4v) is 10.3. The molecule has 52 heavy (non-hydrogen) atoms. The van der Waals surface area contributed by atoms with E-state index in [0.29, 0.717) is 51.5 Å². The van der Waals surface area contributed by atoms with Crippen LogP contribution in [0.15, 0.2) is 47.4 Å². The van der Waals surface area contributed by atoms with E-state index in [1.807, 2.05) is 32.0 Å². The second-order valence-electron chi connectivity index (χ2n) is 13.9. The van der Waals surface area contributed by atoms with Crippen molar-refractivity contribution in [2.75, 3.05) is 59.7 Å². The largest absolute Gasteiger partial charge is 0.497 e. The third-order valence-electron chi connectivity index (χ3n) is 9.51. The van der Waals surface area contributed by atoms with Crippen molar-refractivity contribution in [3.63, 3.8) is 0 Å². The van der Waals surface area contributed by atoms with Crippen LogP contribution in [0.3, 0.4) is 0 Å². The number of hydrogen-bond donors (Lipinski definition) is 2. The molecule has 2 fully saturated rings. The summed E-state index contributed by atoms with van der Waals surface area (Å²) in [5, 5.41) is 14.7. The van der Waals surface area contributed by atoms with Crippen molar-refractivity contribution in [2.45, 2.75) is 82.7 Å². The van der Waals surface area contributed by atoms with Crippen LogP contribution in [0.2, 0.25) is 0 Å². The predicted molar refractivity (Wildman–Crippen MR) is 194 cm³/mol. The Bertz CT molecular complexity index is 1630. The Kier molecular flexibility index (Phi) is 14.2. The molecule has 3 heterocycles. The van der Waals surface area contributed by atoms with Crippen molar-refractivity contribution in [3.05, 3.63) is 59.2 Å². The minimum absolute atomic E-state index is 0.0417. The highest BCUT2D eigenvalue weighted by Crippen LogP contribution is 2.51. The van der Waals surface area contributed by atoms with E-state index in [4.69, 9.17) is 28.0 Å². The average Bonchev–Trinajstić information content (AvgIpc) is 3.73. The van der Waals surface area contributed by atoms with Gasteiger partial charge in [0.1, 0.15) is 11.9 Å². The number of alkyl carbamates (subject to hydrolysis) is 1. The van der Waals surface area contributed by atoms with Gasteiger partial charge in [-0.1, -0.05) is 32.0 Å². The number of rotatable bonds is 18. The second-order valence-corrected chi connectivity index (χ2v) is 17.9. The Balaban J connectivity index is 1.33. The maximum Gasteiger partial charge on any atom is 0.407 e. The standard InChI is InChI=1S/C36H54N3O11PS/c1-6-48-51(42,49-7-2)24-26-8-9-28-20-38(16-14-27(28)18-26)21-32(37-36(41)50-34-23-47-35-31(34)15-17-46-35)33(40)22-39(19-25(3)4)52(43,44)30-12-10-29(45-5)11-13-30/h8-13,18,25,31-35,40H,6-7,14-17,19-24H2,1-5H3,(H,37,41)/t31-,32-,33+,34-,35+/m0/s1. The summed E-state index contributed by atoms with van der Waals surface area (Å²) in [6, 6.07) is 11.2. The summed E-state index contributed by atoms with van der Waals surface area (Å²) < 4.78 is 75.4. The Morgan fingerprint density at radius 1 is 1.08 bits per heavy atom. The number of fused-ring (bicyclic) bond motifs is 2. The number of aliphatic hydroxyl groups is 1. The number of hydrogen-bond acceptors (Lipinski definition) is 12. The molecule has 16 heteroatoms. The van der Waals surface area contributed by atoms with E-state index in [-0.39, 0.29) is 49.1 Å². The molecule has 14 nitrogen and oxygen atoms in total. The first-order chi connectivity index (χ1) is 24.8. The number of sulfonamides is 1. The van der Waals surface area contributed by atoms with Crippen LogP contribution >= 0.6 is 7.60 Å². The highest BCUT2D eigenvalue weighted by molar-refractivity contribution is 7.89. The molecule has 2 aromatic rings. The van der Waals surface area contributed by atoms with Crippen LogP contribution < -0.4 is 10.1 Å². The summed E-state index contributed by atoms with van der Waals surface area (Å²) in [6.07, 6.45) is -1.31. The first-order valence-corrected chi connectivity index (χ1v) is 21.2. The SMILES string of the molecule is CCOP(=O)(Cc1ccc2c(c1)CCN(C[C@H](NC(=O)O[C@H]1CO[C@H]3OCC[C@H]31)[C@H](O)CN(CC(C)C)S(=O)(=O)c1ccc(OC)cc1)C2)OCC. The second kappa shape index (κ2) is 18.2. The van der Waals surface area contributed by atoms with E-state index in [2.05, 4.69) is 10.2 Å². The van der Waals surface area contributed by atoms with Gasteiger partial charge in [0.25, 0.3) is 0 Å². The Morgan fingerprint density at radius 3 is 2.48 bits per heavy atom. The van der Waals surface area contributed by atoms with Crippen molar-refractivity contribution >= 4 is 23.7 Å². The van der Waals surface area contributed by atoms with Gasteiger partial charge in [-0.3, -0.25) is 9.46 Å². The monoisotopic (exact) mass is 767 g/mol. The van der Waals surface area contributed by atoms with E-state index in [1.54, 1.807) is 26.0 Å². The molecule has 0 radical (unpaired) electrons. The van der Waals surface area contributed by atoms with Gasteiger partial charge in [0, 0.05) is 32.7 Å². The van der Waals surface area contributed by atoms with Crippen LogP contribution in [0.1, 0.15) is 50.8 Å². The Morgan fingerprint density at radius 2 is 1.81 bits per heavy atom. The number of amides is 1. The molecule has 2 aromatic carbocycles. The lowest BCUT2D eigenvalue weighted by atomic mass is 9.97. The van der Waals surface area contributed by atoms with Crippen LogP contribution in [-0.2, 0) is 57.0 Å². The van der Waals surface area contributed by atoms with Crippen molar-refractivity contribution in [2.24, 2.45) is 11.8 Å². The molecule has 0 aliphatic carbocycles. The summed E-state index contributed by atoms with van der Waals surface area (Å²) >= 11 is 0. The third kappa shape index (κ3) is 10.3. The lowest BCUT2D eigenvalue weighted by Crippen LogP contribution is -2.55. The number of nitrogens with zero attached hydrogens (tertiary/aromatic N) is 2. The number of benzene rings is 2. The highest BCUT2D eigenvalue weighted by Gasteiger charge is 2.44. The molecule has 0 spiro atoms. The molecule has 290 valence electrons. The maximum absolute atomic E-state index is 13.9. The van der Waals surface area contributed by atoms with Crippen molar-refractivity contribution in [1.82, 2.24) is 14.5 Å². The van der Waals surface area contributed by atoms with E-state index in [0.717, 1.165) is 16.7 Å². The zero-order valence-electron chi connectivity index (χ0n) is 30.8. The van der Waals surface area contributed by atoms with Crippen LogP contribution in [0, 0.1) is 11.8 Å². The molecule has 2 saturated heterocycles. The van der Waals surface area contributed by atoms with E-state index in [9.17, 15) is 22.9 Å². The smallest absolute Gasteiger partial charge is 0.407 e. The summed E-state index contributed by atoms with van der Waals surface area (Å²) in [7, 11) is -5.77. The third-order valence-corrected chi connectivity index (χ3v) is 13.4. The normalized spacial score (nSPS) is 21.9. The fourth-order valence-electron chi connectivity index (χ4n) is 6.99. The Hall–Kier alpha value is -2.59. The van der Waals surface area contributed by atoms with Gasteiger partial charge in [0.15, 0.2) is 6.29 Å². The average molecular weight is 768 g/mol. The number of carbonyl (C=O) groups is 1. The quantitative estimate of drug-likeness (QED) is 0.206. The van der Waals surface area contributed by atoms with Crippen molar-refractivity contribution in [1.29, 1.82) is 0 Å². The maximum atomic E-state index is 13.9. The molecule has 1 amide bonds. The highest BCUT2D eigenvalue weighted by atomic mass is 32.2. The van der Waals surface area contributed by atoms with E-state index in [1.165, 1.54) is 23.5 Å². The molecule has 3 aliphatic heterocycles. The van der Waals surface area contributed by atoms with Crippen molar-refractivity contribution in [3.8, 4) is 5.75 Å². The van der Waals surface area contributed by atoms with E-state index < -0.39 is 48.3 Å². The van der Waals surface area contributed by atoms with Gasteiger partial charge in [-0.05, 0) is 73.6 Å². The molecule has 5 rings (SSSR count). The number of methoxy groups -OCH3 is 1. The molecule has 0 aromatic heterocycles. The lowest BCUT2D eigenvalue weighted by molar-refractivity contribution is -0.0907. The van der Waals surface area contributed by atoms with E-state index >= 15 is 0 Å². The van der Waals surface area contributed by atoms with Crippen LogP contribution in [0.25, 0.3) is 0 Å². The van der Waals surface area contributed by atoms with Crippen LogP contribution in [-0.4, -0.2) is 113 Å². The molecule has 3 aliphatic rings. The molecular weight excluding hydrogens is 713 g/mol. The molecule has 0 bridgehead atoms. The minimum Gasteiger partial charge on any atom is -0.497 e. The van der Waals surface area contributed by atoms with Crippen molar-refractivity contribution < 1.29 is 50.9 Å².